The number of hydrogen-bond acceptors (Lipinski definition) is 3. The predicted molar refractivity (Wildman–Crippen MR) is 103 cm³/mol. The number of halogens is 1. The second-order valence-corrected chi connectivity index (χ2v) is 7.63. The van der Waals surface area contributed by atoms with Crippen LogP contribution in [-0.2, 0) is 16.1 Å². The van der Waals surface area contributed by atoms with E-state index in [4.69, 9.17) is 4.74 Å². The van der Waals surface area contributed by atoms with Crippen LogP contribution < -0.4 is 4.90 Å². The van der Waals surface area contributed by atoms with Crippen molar-refractivity contribution in [1.82, 2.24) is 4.90 Å². The zero-order chi connectivity index (χ0) is 18.9. The van der Waals surface area contributed by atoms with Crippen LogP contribution in [0.1, 0.15) is 24.0 Å². The zero-order valence-corrected chi connectivity index (χ0v) is 15.7. The highest BCUT2D eigenvalue weighted by Gasteiger charge is 2.42. The van der Waals surface area contributed by atoms with Gasteiger partial charge in [0.25, 0.3) is 5.91 Å². The minimum atomic E-state index is -0.331. The molecule has 0 N–H and O–H groups in total. The number of nitrogens with zero attached hydrogens (tertiary/aromatic N) is 2. The molecule has 0 bridgehead atoms. The van der Waals surface area contributed by atoms with Gasteiger partial charge in [-0.15, -0.1) is 0 Å². The quantitative estimate of drug-likeness (QED) is 0.831. The van der Waals surface area contributed by atoms with Crippen molar-refractivity contribution in [1.29, 1.82) is 0 Å². The fraction of sp³-hybridized carbons (Fsp3) is 0.409. The molecule has 142 valence electrons. The number of likely N-dealkylation sites (tertiary alicyclic amines) is 1. The third-order valence-corrected chi connectivity index (χ3v) is 5.79. The van der Waals surface area contributed by atoms with E-state index in [2.05, 4.69) is 36.1 Å². The number of benzene rings is 2. The average Bonchev–Trinajstić information content (AvgIpc) is 2.68. The number of carbonyl (C=O) groups is 1. The van der Waals surface area contributed by atoms with Crippen LogP contribution >= 0.6 is 0 Å². The molecule has 4 rings (SSSR count). The van der Waals surface area contributed by atoms with Gasteiger partial charge in [-0.1, -0.05) is 30.3 Å². The lowest BCUT2D eigenvalue weighted by molar-refractivity contribution is -0.144. The highest BCUT2D eigenvalue weighted by Crippen LogP contribution is 2.33. The molecule has 0 aliphatic carbocycles. The Balaban J connectivity index is 1.43. The maximum Gasteiger partial charge on any atom is 0.253 e. The number of piperidine rings is 1. The van der Waals surface area contributed by atoms with E-state index in [-0.39, 0.29) is 23.9 Å². The fourth-order valence-corrected chi connectivity index (χ4v) is 4.04. The van der Waals surface area contributed by atoms with Crippen LogP contribution in [0.2, 0.25) is 0 Å². The molecule has 2 fully saturated rings. The minimum Gasteiger partial charge on any atom is -0.363 e. The maximum absolute atomic E-state index is 13.6. The second kappa shape index (κ2) is 7.41. The van der Waals surface area contributed by atoms with Crippen LogP contribution in [0.4, 0.5) is 10.1 Å². The molecular formula is C22H25FN2O2. The first-order chi connectivity index (χ1) is 13.0. The Morgan fingerprint density at radius 3 is 2.63 bits per heavy atom. The smallest absolute Gasteiger partial charge is 0.253 e. The SMILES string of the molecule is Cc1ccccc1CN1CCC2(CC1)CN(c1cccc(F)c1)C(=O)CO2. The van der Waals surface area contributed by atoms with Crippen LogP contribution in [0.3, 0.4) is 0 Å². The van der Waals surface area contributed by atoms with E-state index in [9.17, 15) is 9.18 Å². The number of aryl methyl sites for hydroxylation is 1. The lowest BCUT2D eigenvalue weighted by Gasteiger charge is -2.47. The molecule has 2 aliphatic heterocycles. The van der Waals surface area contributed by atoms with Gasteiger partial charge in [-0.05, 0) is 49.1 Å². The Hall–Kier alpha value is -2.24. The summed E-state index contributed by atoms with van der Waals surface area (Å²) in [6.45, 7) is 5.50. The highest BCUT2D eigenvalue weighted by atomic mass is 19.1. The van der Waals surface area contributed by atoms with Crippen molar-refractivity contribution in [3.63, 3.8) is 0 Å². The Kier molecular flexibility index (Phi) is 4.98. The van der Waals surface area contributed by atoms with Gasteiger partial charge in [-0.3, -0.25) is 9.69 Å². The molecule has 0 atom stereocenters. The molecule has 5 heteroatoms. The monoisotopic (exact) mass is 368 g/mol. The molecule has 2 aromatic carbocycles. The van der Waals surface area contributed by atoms with Crippen molar-refractivity contribution in [2.24, 2.45) is 0 Å². The fourth-order valence-electron chi connectivity index (χ4n) is 4.04. The van der Waals surface area contributed by atoms with Crippen LogP contribution in [0.25, 0.3) is 0 Å². The van der Waals surface area contributed by atoms with E-state index < -0.39 is 0 Å². The zero-order valence-electron chi connectivity index (χ0n) is 15.7. The summed E-state index contributed by atoms with van der Waals surface area (Å²) in [4.78, 5) is 16.5. The van der Waals surface area contributed by atoms with Gasteiger partial charge < -0.3 is 9.64 Å². The molecule has 2 saturated heterocycles. The topological polar surface area (TPSA) is 32.8 Å². The van der Waals surface area contributed by atoms with Crippen LogP contribution in [0.15, 0.2) is 48.5 Å². The van der Waals surface area contributed by atoms with E-state index in [1.807, 2.05) is 0 Å². The largest absolute Gasteiger partial charge is 0.363 e. The molecule has 2 heterocycles. The predicted octanol–water partition coefficient (Wildman–Crippen LogP) is 3.53. The van der Waals surface area contributed by atoms with E-state index in [0.717, 1.165) is 32.5 Å². The summed E-state index contributed by atoms with van der Waals surface area (Å²) in [7, 11) is 0. The van der Waals surface area contributed by atoms with E-state index in [0.29, 0.717) is 12.2 Å². The summed E-state index contributed by atoms with van der Waals surface area (Å²) in [6, 6.07) is 14.7. The molecule has 27 heavy (non-hydrogen) atoms. The van der Waals surface area contributed by atoms with Gasteiger partial charge in [0, 0.05) is 25.3 Å². The third kappa shape index (κ3) is 3.89. The minimum absolute atomic E-state index is 0.0638. The summed E-state index contributed by atoms with van der Waals surface area (Å²) < 4.78 is 19.6. The highest BCUT2D eigenvalue weighted by molar-refractivity contribution is 5.95. The number of hydrogen-bond donors (Lipinski definition) is 0. The molecule has 2 aliphatic rings. The molecule has 1 amide bonds. The summed E-state index contributed by atoms with van der Waals surface area (Å²) in [5.41, 5.74) is 2.96. The summed E-state index contributed by atoms with van der Waals surface area (Å²) in [6.07, 6.45) is 1.75. The molecular weight excluding hydrogens is 343 g/mol. The average molecular weight is 368 g/mol. The van der Waals surface area contributed by atoms with E-state index >= 15 is 0 Å². The Labute approximate surface area is 159 Å². The van der Waals surface area contributed by atoms with Crippen molar-refractivity contribution in [2.45, 2.75) is 31.9 Å². The first-order valence-electron chi connectivity index (χ1n) is 9.51. The Morgan fingerprint density at radius 2 is 1.89 bits per heavy atom. The van der Waals surface area contributed by atoms with Gasteiger partial charge in [-0.2, -0.15) is 0 Å². The number of carbonyl (C=O) groups excluding carboxylic acids is 1. The standard InChI is InChI=1S/C22H25FN2O2/c1-17-5-2-3-6-18(17)14-24-11-9-22(10-12-24)16-25(21(26)15-27-22)20-8-4-7-19(23)13-20/h2-8,13H,9-12,14-16H2,1H3. The number of rotatable bonds is 3. The Morgan fingerprint density at radius 1 is 1.11 bits per heavy atom. The molecule has 0 radical (unpaired) electrons. The molecule has 2 aromatic rings. The van der Waals surface area contributed by atoms with E-state index in [1.165, 1.54) is 23.3 Å². The van der Waals surface area contributed by atoms with Crippen molar-refractivity contribution in [3.8, 4) is 0 Å². The molecule has 0 saturated carbocycles. The molecule has 0 unspecified atom stereocenters. The summed E-state index contributed by atoms with van der Waals surface area (Å²) >= 11 is 0. The van der Waals surface area contributed by atoms with Gasteiger partial charge in [0.15, 0.2) is 0 Å². The molecule has 1 spiro atoms. The maximum atomic E-state index is 13.6. The number of morpholine rings is 1. The molecule has 0 aromatic heterocycles. The van der Waals surface area contributed by atoms with Gasteiger partial charge >= 0.3 is 0 Å². The lowest BCUT2D eigenvalue weighted by Crippen LogP contribution is -2.58. The van der Waals surface area contributed by atoms with Crippen molar-refractivity contribution < 1.29 is 13.9 Å². The Bertz CT molecular complexity index is 831. The summed E-state index contributed by atoms with van der Waals surface area (Å²) in [5, 5.41) is 0. The van der Waals surface area contributed by atoms with Crippen molar-refractivity contribution >= 4 is 11.6 Å². The van der Waals surface area contributed by atoms with Gasteiger partial charge in [0.1, 0.15) is 12.4 Å². The van der Waals surface area contributed by atoms with Crippen LogP contribution in [-0.4, -0.2) is 42.6 Å². The number of anilines is 1. The van der Waals surface area contributed by atoms with Crippen molar-refractivity contribution in [2.75, 3.05) is 31.1 Å². The molecule has 4 nitrogen and oxygen atoms in total. The van der Waals surface area contributed by atoms with Crippen LogP contribution in [0, 0.1) is 12.7 Å². The number of ether oxygens (including phenoxy) is 1. The first kappa shape index (κ1) is 18.1. The van der Waals surface area contributed by atoms with Gasteiger partial charge in [-0.25, -0.2) is 4.39 Å². The third-order valence-electron chi connectivity index (χ3n) is 5.79. The summed E-state index contributed by atoms with van der Waals surface area (Å²) in [5.74, 6) is -0.428. The second-order valence-electron chi connectivity index (χ2n) is 7.63. The van der Waals surface area contributed by atoms with Gasteiger partial charge in [0.05, 0.1) is 12.1 Å². The van der Waals surface area contributed by atoms with E-state index in [1.54, 1.807) is 17.0 Å². The van der Waals surface area contributed by atoms with Crippen LogP contribution in [0.5, 0.6) is 0 Å². The number of amides is 1. The van der Waals surface area contributed by atoms with Crippen molar-refractivity contribution in [3.05, 3.63) is 65.5 Å². The van der Waals surface area contributed by atoms with Gasteiger partial charge in [0.2, 0.25) is 0 Å². The normalized spacial score (nSPS) is 20.2. The first-order valence-corrected chi connectivity index (χ1v) is 9.51. The lowest BCUT2D eigenvalue weighted by atomic mass is 9.88.